The fourth-order valence-corrected chi connectivity index (χ4v) is 2.83. The second kappa shape index (κ2) is 3.37. The smallest absolute Gasteiger partial charge is 0.183 e. The molecule has 2 heterocycles. The predicted octanol–water partition coefficient (Wildman–Crippen LogP) is 3.45. The van der Waals surface area contributed by atoms with Crippen molar-refractivity contribution in [3.8, 4) is 10.6 Å². The van der Waals surface area contributed by atoms with Crippen LogP contribution in [0.4, 0.5) is 5.13 Å². The molecule has 0 unspecified atom stereocenters. The van der Waals surface area contributed by atoms with Crippen LogP contribution in [-0.4, -0.2) is 11.0 Å². The van der Waals surface area contributed by atoms with Gasteiger partial charge < -0.3 is 5.32 Å². The molecular weight excluding hydrogens is 212 g/mol. The Morgan fingerprint density at radius 2 is 2.29 bits per heavy atom. The van der Waals surface area contributed by atoms with Gasteiger partial charge in [0, 0.05) is 11.4 Å². The Kier molecular flexibility index (Phi) is 2.03. The second-order valence-corrected chi connectivity index (χ2v) is 5.24. The van der Waals surface area contributed by atoms with Crippen molar-refractivity contribution >= 4 is 27.8 Å². The van der Waals surface area contributed by atoms with E-state index in [2.05, 4.69) is 33.2 Å². The molecule has 0 bridgehead atoms. The van der Waals surface area contributed by atoms with Gasteiger partial charge in [0.05, 0.1) is 10.6 Å². The highest BCUT2D eigenvalue weighted by Gasteiger charge is 2.22. The summed E-state index contributed by atoms with van der Waals surface area (Å²) in [6.07, 6.45) is 2.60. The van der Waals surface area contributed by atoms with E-state index >= 15 is 0 Å². The number of nitrogens with one attached hydrogen (secondary N) is 1. The van der Waals surface area contributed by atoms with E-state index in [4.69, 9.17) is 0 Å². The molecule has 1 aliphatic carbocycles. The topological polar surface area (TPSA) is 24.9 Å². The van der Waals surface area contributed by atoms with Crippen molar-refractivity contribution in [3.63, 3.8) is 0 Å². The first-order valence-electron chi connectivity index (χ1n) is 4.68. The molecule has 0 spiro atoms. The maximum Gasteiger partial charge on any atom is 0.183 e. The number of thiophene rings is 1. The highest BCUT2D eigenvalue weighted by molar-refractivity contribution is 7.15. The number of aromatic nitrogens is 1. The maximum absolute atomic E-state index is 4.55. The molecule has 0 radical (unpaired) electrons. The fourth-order valence-electron chi connectivity index (χ4n) is 1.28. The molecule has 0 amide bonds. The van der Waals surface area contributed by atoms with E-state index in [0.717, 1.165) is 10.8 Å². The van der Waals surface area contributed by atoms with Gasteiger partial charge in [-0.05, 0) is 24.3 Å². The van der Waals surface area contributed by atoms with Gasteiger partial charge in [0.1, 0.15) is 0 Å². The molecule has 0 saturated heterocycles. The molecule has 0 aromatic carbocycles. The molecule has 1 aliphatic rings. The van der Waals surface area contributed by atoms with E-state index in [1.165, 1.54) is 17.7 Å². The van der Waals surface area contributed by atoms with Crippen LogP contribution in [0, 0.1) is 0 Å². The number of anilines is 1. The molecular formula is C10H10N2S2. The number of nitrogens with zero attached hydrogens (tertiary/aromatic N) is 1. The molecule has 3 rings (SSSR count). The van der Waals surface area contributed by atoms with Crippen LogP contribution in [0.25, 0.3) is 10.6 Å². The lowest BCUT2D eigenvalue weighted by Crippen LogP contribution is -1.99. The molecule has 1 N–H and O–H groups in total. The van der Waals surface area contributed by atoms with Crippen molar-refractivity contribution in [3.05, 3.63) is 22.9 Å². The normalized spacial score (nSPS) is 15.7. The van der Waals surface area contributed by atoms with Crippen molar-refractivity contribution in [1.82, 2.24) is 4.98 Å². The zero-order valence-electron chi connectivity index (χ0n) is 7.56. The van der Waals surface area contributed by atoms with Gasteiger partial charge in [-0.1, -0.05) is 6.07 Å². The summed E-state index contributed by atoms with van der Waals surface area (Å²) in [7, 11) is 0. The summed E-state index contributed by atoms with van der Waals surface area (Å²) in [6.45, 7) is 0. The van der Waals surface area contributed by atoms with Crippen molar-refractivity contribution in [2.75, 3.05) is 5.32 Å². The zero-order valence-corrected chi connectivity index (χ0v) is 9.20. The van der Waals surface area contributed by atoms with Crippen LogP contribution in [0.5, 0.6) is 0 Å². The summed E-state index contributed by atoms with van der Waals surface area (Å²) in [5.74, 6) is 0. The lowest BCUT2D eigenvalue weighted by molar-refractivity contribution is 1.14. The Bertz CT molecular complexity index is 415. The van der Waals surface area contributed by atoms with Crippen LogP contribution in [0.1, 0.15) is 12.8 Å². The summed E-state index contributed by atoms with van der Waals surface area (Å²) < 4.78 is 0. The largest absolute Gasteiger partial charge is 0.359 e. The number of hydrogen-bond acceptors (Lipinski definition) is 4. The summed E-state index contributed by atoms with van der Waals surface area (Å²) in [5, 5.41) is 8.68. The minimum absolute atomic E-state index is 0.692. The Hall–Kier alpha value is -0.870. The third-order valence-electron chi connectivity index (χ3n) is 2.18. The van der Waals surface area contributed by atoms with Gasteiger partial charge >= 0.3 is 0 Å². The average Bonchev–Trinajstić information content (AvgIpc) is 2.71. The Morgan fingerprint density at radius 3 is 3.00 bits per heavy atom. The number of thiazole rings is 1. The molecule has 2 nitrogen and oxygen atoms in total. The minimum atomic E-state index is 0.692. The average molecular weight is 222 g/mol. The summed E-state index contributed by atoms with van der Waals surface area (Å²) in [6, 6.07) is 4.87. The van der Waals surface area contributed by atoms with Crippen LogP contribution in [0.2, 0.25) is 0 Å². The van der Waals surface area contributed by atoms with E-state index in [1.54, 1.807) is 22.7 Å². The van der Waals surface area contributed by atoms with Gasteiger partial charge in [-0.3, -0.25) is 0 Å². The van der Waals surface area contributed by atoms with Crippen molar-refractivity contribution in [2.45, 2.75) is 18.9 Å². The maximum atomic E-state index is 4.55. The van der Waals surface area contributed by atoms with E-state index < -0.39 is 0 Å². The van der Waals surface area contributed by atoms with Crippen LogP contribution in [0.3, 0.4) is 0 Å². The number of hydrogen-bond donors (Lipinski definition) is 1. The zero-order chi connectivity index (χ0) is 9.38. The van der Waals surface area contributed by atoms with E-state index in [9.17, 15) is 0 Å². The first kappa shape index (κ1) is 8.44. The summed E-state index contributed by atoms with van der Waals surface area (Å²) in [4.78, 5) is 5.81. The van der Waals surface area contributed by atoms with E-state index in [-0.39, 0.29) is 0 Å². The van der Waals surface area contributed by atoms with Gasteiger partial charge in [-0.15, -0.1) is 22.7 Å². The molecule has 4 heteroatoms. The number of rotatable bonds is 3. The van der Waals surface area contributed by atoms with Gasteiger partial charge in [0.25, 0.3) is 0 Å². The van der Waals surface area contributed by atoms with Gasteiger partial charge in [0.15, 0.2) is 5.13 Å². The fraction of sp³-hybridized carbons (Fsp3) is 0.300. The predicted molar refractivity (Wildman–Crippen MR) is 62.1 cm³/mol. The first-order valence-corrected chi connectivity index (χ1v) is 6.44. The quantitative estimate of drug-likeness (QED) is 0.860. The molecule has 2 aromatic heterocycles. The van der Waals surface area contributed by atoms with Gasteiger partial charge in [-0.2, -0.15) is 0 Å². The standard InChI is InChI=1S/C10H10N2S2/c1-2-9(13-5-1)8-6-14-10(12-8)11-7-3-4-7/h1-2,5-7H,3-4H2,(H,11,12). The molecule has 2 aromatic rings. The molecule has 1 saturated carbocycles. The lowest BCUT2D eigenvalue weighted by atomic mass is 10.4. The van der Waals surface area contributed by atoms with Crippen molar-refractivity contribution in [2.24, 2.45) is 0 Å². The van der Waals surface area contributed by atoms with Crippen LogP contribution in [-0.2, 0) is 0 Å². The van der Waals surface area contributed by atoms with Gasteiger partial charge in [-0.25, -0.2) is 4.98 Å². The Morgan fingerprint density at radius 1 is 1.36 bits per heavy atom. The Labute approximate surface area is 90.6 Å². The molecule has 1 fully saturated rings. The third kappa shape index (κ3) is 1.67. The third-order valence-corrected chi connectivity index (χ3v) is 3.85. The highest BCUT2D eigenvalue weighted by atomic mass is 32.1. The molecule has 72 valence electrons. The van der Waals surface area contributed by atoms with Crippen molar-refractivity contribution < 1.29 is 0 Å². The van der Waals surface area contributed by atoms with Gasteiger partial charge in [0.2, 0.25) is 0 Å². The van der Waals surface area contributed by atoms with E-state index in [0.29, 0.717) is 6.04 Å². The van der Waals surface area contributed by atoms with E-state index in [1.807, 2.05) is 0 Å². The summed E-state index contributed by atoms with van der Waals surface area (Å²) in [5.41, 5.74) is 1.10. The first-order chi connectivity index (χ1) is 6.92. The summed E-state index contributed by atoms with van der Waals surface area (Å²) >= 11 is 3.44. The molecule has 0 atom stereocenters. The monoisotopic (exact) mass is 222 g/mol. The van der Waals surface area contributed by atoms with Crippen LogP contribution >= 0.6 is 22.7 Å². The van der Waals surface area contributed by atoms with Crippen molar-refractivity contribution in [1.29, 1.82) is 0 Å². The highest BCUT2D eigenvalue weighted by Crippen LogP contribution is 2.31. The molecule has 0 aliphatic heterocycles. The molecule has 14 heavy (non-hydrogen) atoms. The minimum Gasteiger partial charge on any atom is -0.359 e. The SMILES string of the molecule is c1csc(-c2csc(NC3CC3)n2)c1. The van der Waals surface area contributed by atoms with Crippen LogP contribution < -0.4 is 5.32 Å². The lowest BCUT2D eigenvalue weighted by Gasteiger charge is -1.95. The van der Waals surface area contributed by atoms with Crippen LogP contribution in [0.15, 0.2) is 22.9 Å². The Balaban J connectivity index is 1.82. The second-order valence-electron chi connectivity index (χ2n) is 3.43.